The molecule has 0 aromatic heterocycles. The van der Waals surface area contributed by atoms with Crippen LogP contribution in [0.1, 0.15) is 32.3 Å². The molecule has 1 N–H and O–H groups in total. The number of amides is 1. The van der Waals surface area contributed by atoms with Crippen LogP contribution < -0.4 is 0 Å². The van der Waals surface area contributed by atoms with E-state index in [9.17, 15) is 14.3 Å². The van der Waals surface area contributed by atoms with E-state index in [-0.39, 0.29) is 17.6 Å². The summed E-state index contributed by atoms with van der Waals surface area (Å²) in [6, 6.07) is 6.50. The van der Waals surface area contributed by atoms with E-state index < -0.39 is 6.10 Å². The van der Waals surface area contributed by atoms with Crippen molar-refractivity contribution in [3.05, 3.63) is 35.6 Å². The van der Waals surface area contributed by atoms with Gasteiger partial charge in [0, 0.05) is 20.0 Å². The second-order valence-corrected chi connectivity index (χ2v) is 5.60. The van der Waals surface area contributed by atoms with Crippen LogP contribution in [0.2, 0.25) is 0 Å². The van der Waals surface area contributed by atoms with Gasteiger partial charge in [-0.05, 0) is 43.4 Å². The van der Waals surface area contributed by atoms with Gasteiger partial charge in [-0.15, -0.1) is 0 Å². The lowest BCUT2D eigenvalue weighted by Gasteiger charge is -2.20. The average Bonchev–Trinajstić information content (AvgIpc) is 2.35. The summed E-state index contributed by atoms with van der Waals surface area (Å²) in [6.07, 6.45) is 1.32. The van der Waals surface area contributed by atoms with Gasteiger partial charge in [-0.3, -0.25) is 4.79 Å². The van der Waals surface area contributed by atoms with E-state index in [1.165, 1.54) is 12.1 Å². The molecule has 1 amide bonds. The van der Waals surface area contributed by atoms with Crippen LogP contribution in [0, 0.1) is 11.7 Å². The Morgan fingerprint density at radius 1 is 1.40 bits per heavy atom. The van der Waals surface area contributed by atoms with Crippen LogP contribution in [0.4, 0.5) is 4.39 Å². The van der Waals surface area contributed by atoms with E-state index in [1.807, 2.05) is 13.0 Å². The molecule has 0 aliphatic heterocycles. The molecule has 2 unspecified atom stereocenters. The maximum Gasteiger partial charge on any atom is 0.222 e. The van der Waals surface area contributed by atoms with Crippen LogP contribution in [0.25, 0.3) is 0 Å². The fourth-order valence-corrected chi connectivity index (χ4v) is 2.10. The SMILES string of the molecule is CC(O)CCN(C)C(=O)CC(C)Cc1cccc(F)c1. The molecule has 0 saturated carbocycles. The summed E-state index contributed by atoms with van der Waals surface area (Å²) in [5.41, 5.74) is 0.914. The Bertz CT molecular complexity index is 434. The van der Waals surface area contributed by atoms with Crippen LogP contribution in [0.15, 0.2) is 24.3 Å². The minimum absolute atomic E-state index is 0.0644. The van der Waals surface area contributed by atoms with Crippen LogP contribution >= 0.6 is 0 Å². The molecule has 4 heteroatoms. The highest BCUT2D eigenvalue weighted by atomic mass is 19.1. The van der Waals surface area contributed by atoms with E-state index in [0.717, 1.165) is 5.56 Å². The van der Waals surface area contributed by atoms with Gasteiger partial charge in [0.15, 0.2) is 0 Å². The molecule has 3 nitrogen and oxygen atoms in total. The molecular formula is C16H24FNO2. The van der Waals surface area contributed by atoms with Crippen LogP contribution in [-0.2, 0) is 11.2 Å². The van der Waals surface area contributed by atoms with Crippen LogP contribution in [-0.4, -0.2) is 35.6 Å². The summed E-state index contributed by atoms with van der Waals surface area (Å²) >= 11 is 0. The van der Waals surface area contributed by atoms with Crippen LogP contribution in [0.5, 0.6) is 0 Å². The third kappa shape index (κ3) is 6.15. The number of rotatable bonds is 7. The number of hydrogen-bond acceptors (Lipinski definition) is 2. The zero-order valence-electron chi connectivity index (χ0n) is 12.5. The number of carbonyl (C=O) groups is 1. The number of aliphatic hydroxyl groups excluding tert-OH is 1. The molecular weight excluding hydrogens is 257 g/mol. The molecule has 0 aliphatic rings. The second kappa shape index (κ2) is 8.00. The first-order chi connectivity index (χ1) is 9.38. The second-order valence-electron chi connectivity index (χ2n) is 5.60. The topological polar surface area (TPSA) is 40.5 Å². The van der Waals surface area contributed by atoms with Gasteiger partial charge in [-0.2, -0.15) is 0 Å². The van der Waals surface area contributed by atoms with Crippen molar-refractivity contribution in [2.24, 2.45) is 5.92 Å². The highest BCUT2D eigenvalue weighted by Gasteiger charge is 2.14. The summed E-state index contributed by atoms with van der Waals surface area (Å²) in [5, 5.41) is 9.21. The van der Waals surface area contributed by atoms with Crippen molar-refractivity contribution in [3.63, 3.8) is 0 Å². The predicted molar refractivity (Wildman–Crippen MR) is 77.8 cm³/mol. The molecule has 1 rings (SSSR count). The molecule has 0 heterocycles. The first-order valence-electron chi connectivity index (χ1n) is 7.05. The lowest BCUT2D eigenvalue weighted by atomic mass is 9.97. The zero-order valence-corrected chi connectivity index (χ0v) is 12.5. The standard InChI is InChI=1S/C16H24FNO2/c1-12(9-14-5-4-6-15(17)11-14)10-16(20)18(3)8-7-13(2)19/h4-6,11-13,19H,7-10H2,1-3H3. The highest BCUT2D eigenvalue weighted by molar-refractivity contribution is 5.76. The third-order valence-electron chi connectivity index (χ3n) is 3.30. The van der Waals surface area contributed by atoms with Gasteiger partial charge in [-0.25, -0.2) is 4.39 Å². The molecule has 1 aromatic rings. The fraction of sp³-hybridized carbons (Fsp3) is 0.562. The smallest absolute Gasteiger partial charge is 0.222 e. The minimum Gasteiger partial charge on any atom is -0.393 e. The first-order valence-corrected chi connectivity index (χ1v) is 7.05. The molecule has 0 bridgehead atoms. The summed E-state index contributed by atoms with van der Waals surface area (Å²) in [7, 11) is 1.75. The molecule has 112 valence electrons. The Balaban J connectivity index is 2.41. The maximum atomic E-state index is 13.1. The number of aliphatic hydroxyl groups is 1. The van der Waals surface area contributed by atoms with E-state index in [0.29, 0.717) is 25.8 Å². The number of hydrogen-bond donors (Lipinski definition) is 1. The molecule has 20 heavy (non-hydrogen) atoms. The van der Waals surface area contributed by atoms with Gasteiger partial charge in [0.05, 0.1) is 6.10 Å². The Labute approximate surface area is 120 Å². The van der Waals surface area contributed by atoms with Gasteiger partial charge in [0.25, 0.3) is 0 Å². The summed E-state index contributed by atoms with van der Waals surface area (Å²) < 4.78 is 13.1. The van der Waals surface area contributed by atoms with E-state index in [4.69, 9.17) is 0 Å². The van der Waals surface area contributed by atoms with Crippen molar-refractivity contribution >= 4 is 5.91 Å². The normalized spacial score (nSPS) is 13.8. The first kappa shape index (κ1) is 16.6. The Morgan fingerprint density at radius 3 is 2.70 bits per heavy atom. The van der Waals surface area contributed by atoms with Crippen molar-refractivity contribution in [2.45, 2.75) is 39.2 Å². The number of carbonyl (C=O) groups excluding carboxylic acids is 1. The minimum atomic E-state index is -0.394. The fourth-order valence-electron chi connectivity index (χ4n) is 2.10. The van der Waals surface area contributed by atoms with Crippen molar-refractivity contribution < 1.29 is 14.3 Å². The zero-order chi connectivity index (χ0) is 15.1. The number of nitrogens with zero attached hydrogens (tertiary/aromatic N) is 1. The van der Waals surface area contributed by atoms with Gasteiger partial charge in [-0.1, -0.05) is 19.1 Å². The number of benzene rings is 1. The largest absolute Gasteiger partial charge is 0.393 e. The lowest BCUT2D eigenvalue weighted by molar-refractivity contribution is -0.131. The molecule has 0 saturated heterocycles. The Kier molecular flexibility index (Phi) is 6.65. The van der Waals surface area contributed by atoms with Gasteiger partial charge < -0.3 is 10.0 Å². The van der Waals surface area contributed by atoms with E-state index in [2.05, 4.69) is 0 Å². The quantitative estimate of drug-likeness (QED) is 0.834. The van der Waals surface area contributed by atoms with Gasteiger partial charge >= 0.3 is 0 Å². The number of halogens is 1. The Hall–Kier alpha value is -1.42. The monoisotopic (exact) mass is 281 g/mol. The van der Waals surface area contributed by atoms with Gasteiger partial charge in [0.2, 0.25) is 5.91 Å². The van der Waals surface area contributed by atoms with Crippen molar-refractivity contribution in [1.29, 1.82) is 0 Å². The third-order valence-corrected chi connectivity index (χ3v) is 3.30. The average molecular weight is 281 g/mol. The summed E-state index contributed by atoms with van der Waals surface area (Å²) in [6.45, 7) is 4.26. The highest BCUT2D eigenvalue weighted by Crippen LogP contribution is 2.14. The van der Waals surface area contributed by atoms with Crippen molar-refractivity contribution in [3.8, 4) is 0 Å². The molecule has 1 aromatic carbocycles. The van der Waals surface area contributed by atoms with Crippen LogP contribution in [0.3, 0.4) is 0 Å². The Morgan fingerprint density at radius 2 is 2.10 bits per heavy atom. The molecule has 0 aliphatic carbocycles. The molecule has 2 atom stereocenters. The predicted octanol–water partition coefficient (Wildman–Crippen LogP) is 2.62. The van der Waals surface area contributed by atoms with Crippen molar-refractivity contribution in [1.82, 2.24) is 4.90 Å². The summed E-state index contributed by atoms with van der Waals surface area (Å²) in [5.74, 6) is -0.0112. The molecule has 0 spiro atoms. The molecule has 0 radical (unpaired) electrons. The van der Waals surface area contributed by atoms with E-state index in [1.54, 1.807) is 24.9 Å². The van der Waals surface area contributed by atoms with Gasteiger partial charge in [0.1, 0.15) is 5.82 Å². The summed E-state index contributed by atoms with van der Waals surface area (Å²) in [4.78, 5) is 13.6. The maximum absolute atomic E-state index is 13.1. The van der Waals surface area contributed by atoms with E-state index >= 15 is 0 Å². The lowest BCUT2D eigenvalue weighted by Crippen LogP contribution is -2.30. The van der Waals surface area contributed by atoms with Crippen molar-refractivity contribution in [2.75, 3.05) is 13.6 Å². The molecule has 0 fully saturated rings.